The van der Waals surface area contributed by atoms with Crippen molar-refractivity contribution < 1.29 is 9.00 Å². The normalized spacial score (nSPS) is 13.3. The van der Waals surface area contributed by atoms with Crippen molar-refractivity contribution in [3.8, 4) is 0 Å². The Balaban J connectivity index is 1.89. The molecule has 1 N–H and O–H groups in total. The molecule has 0 aliphatic rings. The van der Waals surface area contributed by atoms with E-state index in [0.29, 0.717) is 0 Å². The average molecular weight is 486 g/mol. The highest BCUT2D eigenvalue weighted by Crippen LogP contribution is 2.34. The number of hydrogen-bond acceptors (Lipinski definition) is 3. The monoisotopic (exact) mass is 485 g/mol. The van der Waals surface area contributed by atoms with E-state index in [1.165, 1.54) is 34.9 Å². The van der Waals surface area contributed by atoms with Crippen molar-refractivity contribution in [3.63, 3.8) is 0 Å². The highest BCUT2D eigenvalue weighted by molar-refractivity contribution is 8.06. The maximum absolute atomic E-state index is 12.1. The van der Waals surface area contributed by atoms with Gasteiger partial charge < -0.3 is 0 Å². The highest BCUT2D eigenvalue weighted by atomic mass is 32.2. The third kappa shape index (κ3) is 6.80. The van der Waals surface area contributed by atoms with Crippen LogP contribution in [0.1, 0.15) is 35.6 Å². The van der Waals surface area contributed by atoms with E-state index >= 15 is 0 Å². The van der Waals surface area contributed by atoms with Crippen molar-refractivity contribution in [1.82, 2.24) is 4.72 Å². The van der Waals surface area contributed by atoms with Crippen molar-refractivity contribution in [2.24, 2.45) is 0 Å². The van der Waals surface area contributed by atoms with E-state index in [-0.39, 0.29) is 4.24 Å². The minimum absolute atomic E-state index is 0.228. The van der Waals surface area contributed by atoms with Gasteiger partial charge in [0.05, 0.1) is 4.24 Å². The molecule has 0 saturated carbocycles. The number of amides is 1. The summed E-state index contributed by atoms with van der Waals surface area (Å²) in [5.74, 6) is -0.464. The molecule has 0 aliphatic carbocycles. The fraction of sp³-hybridized carbons (Fsp3) is 0.0690. The summed E-state index contributed by atoms with van der Waals surface area (Å²) in [5, 5.41) is 0. The Morgan fingerprint density at radius 3 is 2.03 bits per heavy atom. The molecular weight excluding hydrogens is 458 g/mol. The lowest BCUT2D eigenvalue weighted by Crippen LogP contribution is -2.23. The van der Waals surface area contributed by atoms with Crippen LogP contribution in [0.15, 0.2) is 114 Å². The van der Waals surface area contributed by atoms with Gasteiger partial charge in [0.1, 0.15) is 0 Å². The second kappa shape index (κ2) is 12.7. The minimum atomic E-state index is -1.71. The van der Waals surface area contributed by atoms with E-state index in [4.69, 9.17) is 0 Å². The lowest BCUT2D eigenvalue weighted by atomic mass is 9.88. The molecule has 0 bridgehead atoms. The summed E-state index contributed by atoms with van der Waals surface area (Å²) >= 11 is 4.08. The van der Waals surface area contributed by atoms with Crippen molar-refractivity contribution in [3.05, 3.63) is 136 Å². The topological polar surface area (TPSA) is 46.2 Å². The van der Waals surface area contributed by atoms with Gasteiger partial charge in [-0.2, -0.15) is 0 Å². The molecule has 0 saturated heterocycles. The molecule has 172 valence electrons. The lowest BCUT2D eigenvalue weighted by molar-refractivity contribution is -0.114. The molecule has 1 amide bonds. The van der Waals surface area contributed by atoms with Gasteiger partial charge in [-0.1, -0.05) is 105 Å². The number of hydrogen-bond donors (Lipinski definition) is 2. The summed E-state index contributed by atoms with van der Waals surface area (Å²) < 4.78 is 14.6. The summed E-state index contributed by atoms with van der Waals surface area (Å²) in [6.07, 6.45) is 6.87. The van der Waals surface area contributed by atoms with Crippen LogP contribution in [0.2, 0.25) is 0 Å². The number of rotatable bonds is 9. The van der Waals surface area contributed by atoms with E-state index in [2.05, 4.69) is 79.4 Å². The standard InChI is InChI=1S/C29H27NO2S2/c1-3-11-28(33)34(32)30-27(31)21-18-22-16-19-25(20-17-22)29(24-14-9-6-10-15-24)26(4-2)23-12-7-5-8-13-23/h3,5-21,33H,1,4H2,2H3,(H,30,31)/b21-18+,28-11+,29-26-. The van der Waals surface area contributed by atoms with Gasteiger partial charge in [0.25, 0.3) is 5.91 Å². The summed E-state index contributed by atoms with van der Waals surface area (Å²) in [6.45, 7) is 5.69. The first-order valence-electron chi connectivity index (χ1n) is 10.9. The molecule has 3 nitrogen and oxygen atoms in total. The van der Waals surface area contributed by atoms with Gasteiger partial charge >= 0.3 is 0 Å². The van der Waals surface area contributed by atoms with Crippen LogP contribution in [0.4, 0.5) is 0 Å². The minimum Gasteiger partial charge on any atom is -0.269 e. The Bertz CT molecular complexity index is 1240. The predicted octanol–water partition coefficient (Wildman–Crippen LogP) is 6.81. The van der Waals surface area contributed by atoms with Gasteiger partial charge in [0.2, 0.25) is 0 Å². The number of benzene rings is 3. The number of nitrogens with one attached hydrogen (secondary N) is 1. The Labute approximate surface area is 209 Å². The van der Waals surface area contributed by atoms with E-state index in [9.17, 15) is 9.00 Å². The molecule has 3 rings (SSSR count). The second-order valence-electron chi connectivity index (χ2n) is 7.37. The molecule has 1 unspecified atom stereocenters. The summed E-state index contributed by atoms with van der Waals surface area (Å²) in [7, 11) is -1.71. The zero-order valence-corrected chi connectivity index (χ0v) is 20.7. The summed E-state index contributed by atoms with van der Waals surface area (Å²) in [5.41, 5.74) is 6.78. The van der Waals surface area contributed by atoms with Crippen molar-refractivity contribution in [2.75, 3.05) is 0 Å². The molecule has 0 aliphatic heterocycles. The predicted molar refractivity (Wildman–Crippen MR) is 148 cm³/mol. The van der Waals surface area contributed by atoms with Gasteiger partial charge in [-0.05, 0) is 52.0 Å². The first-order chi connectivity index (χ1) is 16.5. The molecule has 0 radical (unpaired) electrons. The molecule has 0 heterocycles. The van der Waals surface area contributed by atoms with Crippen LogP contribution in [-0.4, -0.2) is 10.1 Å². The van der Waals surface area contributed by atoms with Crippen LogP contribution in [0.25, 0.3) is 17.2 Å². The van der Waals surface area contributed by atoms with Gasteiger partial charge in [0.15, 0.2) is 11.0 Å². The first kappa shape index (κ1) is 25.2. The van der Waals surface area contributed by atoms with Crippen LogP contribution in [0.3, 0.4) is 0 Å². The number of carbonyl (C=O) groups is 1. The number of allylic oxidation sites excluding steroid dienone is 3. The van der Waals surface area contributed by atoms with Gasteiger partial charge in [0, 0.05) is 6.08 Å². The van der Waals surface area contributed by atoms with E-state index in [1.807, 2.05) is 36.4 Å². The van der Waals surface area contributed by atoms with Crippen molar-refractivity contribution >= 4 is 46.7 Å². The highest BCUT2D eigenvalue weighted by Gasteiger charge is 2.12. The molecule has 3 aromatic rings. The average Bonchev–Trinajstić information content (AvgIpc) is 2.87. The van der Waals surface area contributed by atoms with Crippen LogP contribution < -0.4 is 4.72 Å². The Morgan fingerprint density at radius 1 is 0.912 bits per heavy atom. The number of thiol groups is 1. The van der Waals surface area contributed by atoms with Gasteiger partial charge in [-0.3, -0.25) is 9.52 Å². The Kier molecular flexibility index (Phi) is 9.44. The fourth-order valence-electron chi connectivity index (χ4n) is 3.56. The van der Waals surface area contributed by atoms with E-state index < -0.39 is 16.9 Å². The Morgan fingerprint density at radius 2 is 1.47 bits per heavy atom. The van der Waals surface area contributed by atoms with Gasteiger partial charge in [-0.15, -0.1) is 12.6 Å². The lowest BCUT2D eigenvalue weighted by Gasteiger charge is -2.16. The SMILES string of the molecule is C=C/C=C(\S)S(=O)NC(=O)/C=C/c1ccc(/C(=C(/CC)c2ccccc2)c2ccccc2)cc1. The molecule has 0 spiro atoms. The van der Waals surface area contributed by atoms with Crippen molar-refractivity contribution in [1.29, 1.82) is 0 Å². The van der Waals surface area contributed by atoms with Gasteiger partial charge in [-0.25, -0.2) is 4.21 Å². The van der Waals surface area contributed by atoms with Crippen LogP contribution in [0.5, 0.6) is 0 Å². The fourth-order valence-corrected chi connectivity index (χ4v) is 4.38. The third-order valence-electron chi connectivity index (χ3n) is 5.11. The van der Waals surface area contributed by atoms with Crippen molar-refractivity contribution in [2.45, 2.75) is 13.3 Å². The molecule has 1 atom stereocenters. The zero-order valence-electron chi connectivity index (χ0n) is 19.0. The Hall–Kier alpha value is -3.41. The molecular formula is C29H27NO2S2. The summed E-state index contributed by atoms with van der Waals surface area (Å²) in [6, 6.07) is 28.9. The van der Waals surface area contributed by atoms with Crippen LogP contribution in [0, 0.1) is 0 Å². The summed E-state index contributed by atoms with van der Waals surface area (Å²) in [4.78, 5) is 12.1. The van der Waals surface area contributed by atoms with Crippen LogP contribution >= 0.6 is 12.6 Å². The first-order valence-corrected chi connectivity index (χ1v) is 12.5. The zero-order chi connectivity index (χ0) is 24.3. The van der Waals surface area contributed by atoms with Crippen LogP contribution in [-0.2, 0) is 15.8 Å². The molecule has 0 fully saturated rings. The third-order valence-corrected chi connectivity index (χ3v) is 6.66. The second-order valence-corrected chi connectivity index (χ2v) is 9.34. The van der Waals surface area contributed by atoms with E-state index in [0.717, 1.165) is 23.1 Å². The molecule has 3 aromatic carbocycles. The quantitative estimate of drug-likeness (QED) is 0.151. The molecule has 34 heavy (non-hydrogen) atoms. The maximum Gasteiger partial charge on any atom is 0.255 e. The molecule has 0 aromatic heterocycles. The largest absolute Gasteiger partial charge is 0.269 e. The number of carbonyl (C=O) groups excluding carboxylic acids is 1. The maximum atomic E-state index is 12.1. The smallest absolute Gasteiger partial charge is 0.255 e. The van der Waals surface area contributed by atoms with E-state index in [1.54, 1.807) is 6.08 Å². The molecule has 5 heteroatoms.